The largest absolute Gasteiger partial charge is 0.481 e. The van der Waals surface area contributed by atoms with Gasteiger partial charge < -0.3 is 10.0 Å². The van der Waals surface area contributed by atoms with E-state index in [0.29, 0.717) is 28.9 Å². The molecule has 8 nitrogen and oxygen atoms in total. The van der Waals surface area contributed by atoms with E-state index in [4.69, 9.17) is 16.6 Å². The van der Waals surface area contributed by atoms with Gasteiger partial charge >= 0.3 is 5.97 Å². The molecule has 1 N–H and O–H groups in total. The van der Waals surface area contributed by atoms with E-state index >= 15 is 0 Å². The summed E-state index contributed by atoms with van der Waals surface area (Å²) in [5.74, 6) is -0.329. The van der Waals surface area contributed by atoms with Crippen LogP contribution in [0.1, 0.15) is 59.3 Å². The lowest BCUT2D eigenvalue weighted by Gasteiger charge is -2.31. The van der Waals surface area contributed by atoms with E-state index in [9.17, 15) is 23.9 Å². The predicted octanol–water partition coefficient (Wildman–Crippen LogP) is 5.38. The Hall–Kier alpha value is -3.20. The second-order valence-electron chi connectivity index (χ2n) is 10.9. The summed E-state index contributed by atoms with van der Waals surface area (Å²) in [6.45, 7) is 6.06. The van der Waals surface area contributed by atoms with Crippen molar-refractivity contribution in [1.82, 2.24) is 14.0 Å². The minimum atomic E-state index is -1.24. The molecule has 1 aromatic carbocycles. The van der Waals surface area contributed by atoms with Gasteiger partial charge in [-0.05, 0) is 24.0 Å². The van der Waals surface area contributed by atoms with Crippen molar-refractivity contribution in [3.8, 4) is 11.3 Å². The first-order valence-electron chi connectivity index (χ1n) is 13.0. The number of carboxylic acids is 1. The van der Waals surface area contributed by atoms with Gasteiger partial charge in [-0.2, -0.15) is 0 Å². The van der Waals surface area contributed by atoms with Crippen LogP contribution in [-0.2, 0) is 16.1 Å². The van der Waals surface area contributed by atoms with Gasteiger partial charge in [0.25, 0.3) is 5.56 Å². The number of Topliss-reactive ketones (excluding diaryl/α,β-unsaturated/α-hetero) is 1. The molecule has 0 aliphatic carbocycles. The topological polar surface area (TPSA) is 96.9 Å². The number of hydrogen-bond acceptors (Lipinski definition) is 5. The van der Waals surface area contributed by atoms with Gasteiger partial charge in [-0.1, -0.05) is 57.3 Å². The van der Waals surface area contributed by atoms with Crippen LogP contribution in [-0.4, -0.2) is 49.6 Å². The number of rotatable bonds is 11. The summed E-state index contributed by atoms with van der Waals surface area (Å²) in [5.41, 5.74) is 0.310. The Bertz CT molecular complexity index is 1380. The molecule has 4 rings (SSSR count). The van der Waals surface area contributed by atoms with E-state index in [1.165, 1.54) is 10.5 Å². The Morgan fingerprint density at radius 1 is 1.18 bits per heavy atom. The maximum Gasteiger partial charge on any atom is 0.303 e. The Kier molecular flexibility index (Phi) is 8.25. The number of unbranched alkanes of at least 4 members (excludes halogenated alkanes) is 2. The SMILES string of the molecule is CCCCCn1c(N2C[C@@H](F)C[C@H]2C(=O)CC(C)(C)CC(=O)O)cc(=O)n2cc(-c3ccc(Cl)cc3)nc12. The van der Waals surface area contributed by atoms with Crippen molar-refractivity contribution in [3.05, 3.63) is 51.9 Å². The fourth-order valence-corrected chi connectivity index (χ4v) is 5.35. The van der Waals surface area contributed by atoms with Gasteiger partial charge in [0.05, 0.1) is 24.7 Å². The van der Waals surface area contributed by atoms with E-state index < -0.39 is 23.6 Å². The molecule has 0 spiro atoms. The van der Waals surface area contributed by atoms with E-state index in [-0.39, 0.29) is 37.1 Å². The number of carboxylic acid groups (broad SMARTS) is 1. The quantitative estimate of drug-likeness (QED) is 0.325. The molecule has 3 heterocycles. The highest BCUT2D eigenvalue weighted by atomic mass is 35.5. The van der Waals surface area contributed by atoms with Crippen molar-refractivity contribution in [1.29, 1.82) is 0 Å². The maximum absolute atomic E-state index is 14.8. The summed E-state index contributed by atoms with van der Waals surface area (Å²) < 4.78 is 18.2. The lowest BCUT2D eigenvalue weighted by atomic mass is 9.82. The van der Waals surface area contributed by atoms with Crippen molar-refractivity contribution >= 4 is 34.9 Å². The molecular weight excluding hydrogens is 511 g/mol. The number of carbonyl (C=O) groups excluding carboxylic acids is 1. The molecule has 0 unspecified atom stereocenters. The van der Waals surface area contributed by atoms with Crippen molar-refractivity contribution in [2.45, 2.75) is 78.1 Å². The summed E-state index contributed by atoms with van der Waals surface area (Å²) in [4.78, 5) is 44.4. The van der Waals surface area contributed by atoms with Crippen LogP contribution >= 0.6 is 11.6 Å². The lowest BCUT2D eigenvalue weighted by Crippen LogP contribution is -2.41. The van der Waals surface area contributed by atoms with Crippen molar-refractivity contribution in [2.24, 2.45) is 5.41 Å². The lowest BCUT2D eigenvalue weighted by molar-refractivity contribution is -0.139. The third kappa shape index (κ3) is 6.09. The molecule has 2 aromatic heterocycles. The summed E-state index contributed by atoms with van der Waals surface area (Å²) in [6.07, 6.45) is 3.04. The van der Waals surface area contributed by atoms with E-state index in [1.807, 2.05) is 16.7 Å². The van der Waals surface area contributed by atoms with Gasteiger partial charge in [0.1, 0.15) is 12.0 Å². The fraction of sp³-hybridized carbons (Fsp3) is 0.500. The monoisotopic (exact) mass is 544 g/mol. The van der Waals surface area contributed by atoms with Gasteiger partial charge in [0.15, 0.2) is 5.78 Å². The van der Waals surface area contributed by atoms with Crippen molar-refractivity contribution in [3.63, 3.8) is 0 Å². The Morgan fingerprint density at radius 3 is 2.55 bits per heavy atom. The second kappa shape index (κ2) is 11.3. The molecule has 2 atom stereocenters. The van der Waals surface area contributed by atoms with E-state index in [2.05, 4.69) is 6.92 Å². The highest BCUT2D eigenvalue weighted by molar-refractivity contribution is 6.30. The summed E-state index contributed by atoms with van der Waals surface area (Å²) in [6, 6.07) is 7.84. The highest BCUT2D eigenvalue weighted by Crippen LogP contribution is 2.33. The van der Waals surface area contributed by atoms with Crippen LogP contribution in [0.4, 0.5) is 10.2 Å². The average molecular weight is 545 g/mol. The molecule has 10 heteroatoms. The Morgan fingerprint density at radius 2 is 1.89 bits per heavy atom. The van der Waals surface area contributed by atoms with Crippen LogP contribution in [0.2, 0.25) is 5.02 Å². The molecule has 0 saturated carbocycles. The summed E-state index contributed by atoms with van der Waals surface area (Å²) in [7, 11) is 0. The number of benzene rings is 1. The molecule has 204 valence electrons. The van der Waals surface area contributed by atoms with E-state index in [1.54, 1.807) is 37.1 Å². The number of nitrogens with zero attached hydrogens (tertiary/aromatic N) is 4. The molecule has 38 heavy (non-hydrogen) atoms. The number of fused-ring (bicyclic) bond motifs is 1. The highest BCUT2D eigenvalue weighted by Gasteiger charge is 2.40. The Labute approximate surface area is 226 Å². The third-order valence-electron chi connectivity index (χ3n) is 7.02. The second-order valence-corrected chi connectivity index (χ2v) is 11.3. The normalized spacial score (nSPS) is 17.9. The Balaban J connectivity index is 1.78. The number of anilines is 1. The number of aryl methyl sites for hydroxylation is 1. The zero-order valence-corrected chi connectivity index (χ0v) is 22.7. The zero-order chi connectivity index (χ0) is 27.6. The smallest absolute Gasteiger partial charge is 0.303 e. The molecular formula is C28H34ClFN4O4. The number of alkyl halides is 1. The first kappa shape index (κ1) is 27.8. The standard InChI is InChI=1S/C28H34ClFN4O4/c1-4-5-6-11-32-24(33-16-20(30)12-22(33)23(35)14-28(2,3)15-26(37)38)13-25(36)34-17-21(31-27(32)34)18-7-9-19(29)10-8-18/h7-10,13,17,20,22H,4-6,11-12,14-16H2,1-3H3,(H,37,38)/t20-,22-/m0/s1. The van der Waals surface area contributed by atoms with Gasteiger partial charge in [0, 0.05) is 42.2 Å². The number of ketones is 1. The average Bonchev–Trinajstić information content (AvgIpc) is 3.44. The zero-order valence-electron chi connectivity index (χ0n) is 22.0. The van der Waals surface area contributed by atoms with Crippen LogP contribution in [0, 0.1) is 5.41 Å². The number of hydrogen-bond donors (Lipinski definition) is 1. The number of aliphatic carboxylic acids is 1. The minimum absolute atomic E-state index is 0.000407. The van der Waals surface area contributed by atoms with Gasteiger partial charge in [0.2, 0.25) is 5.78 Å². The maximum atomic E-state index is 14.8. The molecule has 1 saturated heterocycles. The minimum Gasteiger partial charge on any atom is -0.481 e. The fourth-order valence-electron chi connectivity index (χ4n) is 5.22. The molecule has 1 fully saturated rings. The summed E-state index contributed by atoms with van der Waals surface area (Å²) in [5, 5.41) is 9.83. The molecule has 0 amide bonds. The van der Waals surface area contributed by atoms with Crippen LogP contribution < -0.4 is 10.5 Å². The number of imidazole rings is 1. The number of halogens is 2. The van der Waals surface area contributed by atoms with Crippen LogP contribution in [0.15, 0.2) is 41.3 Å². The van der Waals surface area contributed by atoms with Crippen LogP contribution in [0.5, 0.6) is 0 Å². The predicted molar refractivity (Wildman–Crippen MR) is 146 cm³/mol. The first-order valence-corrected chi connectivity index (χ1v) is 13.4. The molecule has 0 radical (unpaired) electrons. The van der Waals surface area contributed by atoms with Crippen molar-refractivity contribution in [2.75, 3.05) is 11.4 Å². The third-order valence-corrected chi connectivity index (χ3v) is 7.27. The number of aromatic nitrogens is 3. The summed E-state index contributed by atoms with van der Waals surface area (Å²) >= 11 is 6.04. The number of carbonyl (C=O) groups is 2. The van der Waals surface area contributed by atoms with Crippen molar-refractivity contribution < 1.29 is 19.1 Å². The molecule has 1 aliphatic heterocycles. The van der Waals surface area contributed by atoms with Gasteiger partial charge in [-0.25, -0.2) is 9.37 Å². The molecule has 3 aromatic rings. The van der Waals surface area contributed by atoms with Crippen LogP contribution in [0.25, 0.3) is 17.0 Å². The van der Waals surface area contributed by atoms with E-state index in [0.717, 1.165) is 24.8 Å². The molecule has 1 aliphatic rings. The van der Waals surface area contributed by atoms with Gasteiger partial charge in [-0.3, -0.25) is 23.4 Å². The molecule has 0 bridgehead atoms. The van der Waals surface area contributed by atoms with Gasteiger partial charge in [-0.15, -0.1) is 0 Å². The first-order chi connectivity index (χ1) is 18.0. The van der Waals surface area contributed by atoms with Crippen LogP contribution in [0.3, 0.4) is 0 Å².